The van der Waals surface area contributed by atoms with Crippen molar-refractivity contribution in [1.82, 2.24) is 5.32 Å². The lowest BCUT2D eigenvalue weighted by Gasteiger charge is -2.08. The van der Waals surface area contributed by atoms with E-state index in [0.29, 0.717) is 10.6 Å². The van der Waals surface area contributed by atoms with Crippen molar-refractivity contribution in [1.29, 1.82) is 0 Å². The zero-order valence-electron chi connectivity index (χ0n) is 12.8. The number of carbonyl (C=O) groups excluding carboxylic acids is 3. The van der Waals surface area contributed by atoms with Crippen molar-refractivity contribution < 1.29 is 19.1 Å². The first-order valence-electron chi connectivity index (χ1n) is 7.00. The number of nitrogens with one attached hydrogen (secondary N) is 2. The fourth-order valence-electron chi connectivity index (χ4n) is 1.73. The first-order chi connectivity index (χ1) is 11.5. The van der Waals surface area contributed by atoms with Gasteiger partial charge in [0, 0.05) is 9.35 Å². The number of hydrogen-bond acceptors (Lipinski definition) is 5. The van der Waals surface area contributed by atoms with Gasteiger partial charge >= 0.3 is 5.97 Å². The molecule has 0 unspecified atom stereocenters. The van der Waals surface area contributed by atoms with E-state index in [2.05, 4.69) is 26.6 Å². The lowest BCUT2D eigenvalue weighted by atomic mass is 10.3. The summed E-state index contributed by atoms with van der Waals surface area (Å²) in [6.07, 6.45) is 0. The van der Waals surface area contributed by atoms with Crippen molar-refractivity contribution in [2.75, 3.05) is 18.5 Å². The van der Waals surface area contributed by atoms with E-state index in [0.717, 1.165) is 9.35 Å². The maximum atomic E-state index is 11.8. The molecule has 126 valence electrons. The van der Waals surface area contributed by atoms with Crippen LogP contribution in [0.4, 0.5) is 5.69 Å². The maximum Gasteiger partial charge on any atom is 0.348 e. The molecule has 24 heavy (non-hydrogen) atoms. The molecule has 0 aliphatic rings. The minimum Gasteiger partial charge on any atom is -0.451 e. The van der Waals surface area contributed by atoms with E-state index in [1.54, 1.807) is 30.3 Å². The van der Waals surface area contributed by atoms with Crippen LogP contribution in [0.2, 0.25) is 0 Å². The molecule has 0 atom stereocenters. The zero-order valence-corrected chi connectivity index (χ0v) is 15.2. The van der Waals surface area contributed by atoms with Gasteiger partial charge in [-0.1, -0.05) is 12.1 Å². The third-order valence-corrected chi connectivity index (χ3v) is 4.54. The molecule has 2 rings (SSSR count). The molecule has 0 saturated heterocycles. The summed E-state index contributed by atoms with van der Waals surface area (Å²) in [6.45, 7) is 1.23. The van der Waals surface area contributed by atoms with E-state index in [-0.39, 0.29) is 12.5 Å². The molecule has 0 radical (unpaired) electrons. The van der Waals surface area contributed by atoms with Gasteiger partial charge in [0.25, 0.3) is 5.91 Å². The number of ether oxygens (including phenoxy) is 1. The summed E-state index contributed by atoms with van der Waals surface area (Å²) >= 11 is 4.60. The van der Waals surface area contributed by atoms with Crippen LogP contribution in [0.5, 0.6) is 0 Å². The molecule has 6 nitrogen and oxygen atoms in total. The van der Waals surface area contributed by atoms with E-state index in [9.17, 15) is 14.4 Å². The number of para-hydroxylation sites is 1. The molecular formula is C16H15BrN2O4S. The molecule has 2 aromatic rings. The molecule has 2 amide bonds. The summed E-state index contributed by atoms with van der Waals surface area (Å²) in [5.74, 6) is -1.48. The fourth-order valence-corrected chi connectivity index (χ4v) is 2.88. The number of halogens is 1. The first-order valence-corrected chi connectivity index (χ1v) is 8.61. The van der Waals surface area contributed by atoms with Gasteiger partial charge in [-0.2, -0.15) is 0 Å². The van der Waals surface area contributed by atoms with Crippen LogP contribution >= 0.6 is 27.3 Å². The second-order valence-electron chi connectivity index (χ2n) is 4.79. The second kappa shape index (κ2) is 8.60. The number of benzene rings is 1. The average molecular weight is 411 g/mol. The van der Waals surface area contributed by atoms with Crippen LogP contribution in [-0.4, -0.2) is 30.9 Å². The lowest BCUT2D eigenvalue weighted by Crippen LogP contribution is -2.35. The van der Waals surface area contributed by atoms with Crippen LogP contribution in [-0.2, 0) is 14.3 Å². The van der Waals surface area contributed by atoms with Crippen molar-refractivity contribution in [2.24, 2.45) is 0 Å². The molecule has 8 heteroatoms. The predicted molar refractivity (Wildman–Crippen MR) is 95.1 cm³/mol. The van der Waals surface area contributed by atoms with Gasteiger partial charge < -0.3 is 15.4 Å². The van der Waals surface area contributed by atoms with Crippen LogP contribution in [0.1, 0.15) is 14.5 Å². The van der Waals surface area contributed by atoms with Gasteiger partial charge in [0.1, 0.15) is 4.88 Å². The Balaban J connectivity index is 1.72. The minimum atomic E-state index is -0.555. The first kappa shape index (κ1) is 18.2. The number of esters is 1. The minimum absolute atomic E-state index is 0.212. The number of aryl methyl sites for hydroxylation is 1. The van der Waals surface area contributed by atoms with Gasteiger partial charge in [-0.05, 0) is 47.1 Å². The molecule has 0 saturated carbocycles. The summed E-state index contributed by atoms with van der Waals surface area (Å²) in [4.78, 5) is 36.5. The Morgan fingerprint density at radius 3 is 2.54 bits per heavy atom. The van der Waals surface area contributed by atoms with Crippen LogP contribution < -0.4 is 10.6 Å². The maximum absolute atomic E-state index is 11.8. The Hall–Kier alpha value is -2.19. The van der Waals surface area contributed by atoms with Gasteiger partial charge in [-0.15, -0.1) is 11.3 Å². The third kappa shape index (κ3) is 5.47. The normalized spacial score (nSPS) is 10.1. The van der Waals surface area contributed by atoms with E-state index in [4.69, 9.17) is 4.74 Å². The average Bonchev–Trinajstić information content (AvgIpc) is 2.99. The number of amides is 2. The summed E-state index contributed by atoms with van der Waals surface area (Å²) in [7, 11) is 0. The number of thiophene rings is 1. The highest BCUT2D eigenvalue weighted by molar-refractivity contribution is 9.10. The van der Waals surface area contributed by atoms with E-state index < -0.39 is 18.5 Å². The van der Waals surface area contributed by atoms with Crippen molar-refractivity contribution in [3.63, 3.8) is 0 Å². The molecule has 0 spiro atoms. The summed E-state index contributed by atoms with van der Waals surface area (Å²) in [6, 6.07) is 10.6. The molecule has 0 aliphatic carbocycles. The van der Waals surface area contributed by atoms with E-state index >= 15 is 0 Å². The molecule has 0 bridgehead atoms. The van der Waals surface area contributed by atoms with Crippen molar-refractivity contribution in [3.05, 3.63) is 50.6 Å². The highest BCUT2D eigenvalue weighted by Crippen LogP contribution is 2.20. The Morgan fingerprint density at radius 1 is 1.12 bits per heavy atom. The van der Waals surface area contributed by atoms with Crippen LogP contribution in [0.3, 0.4) is 0 Å². The standard InChI is InChI=1S/C16H15BrN2O4S/c1-10-6-7-13(24-10)16(22)23-9-15(21)18-8-14(20)19-12-5-3-2-4-11(12)17/h2-7H,8-9H2,1H3,(H,18,21)(H,19,20). The third-order valence-electron chi connectivity index (χ3n) is 2.87. The predicted octanol–water partition coefficient (Wildman–Crippen LogP) is 2.73. The van der Waals surface area contributed by atoms with Gasteiger partial charge in [0.05, 0.1) is 12.2 Å². The number of hydrogen-bond donors (Lipinski definition) is 2. The molecule has 1 aromatic carbocycles. The van der Waals surface area contributed by atoms with E-state index in [1.807, 2.05) is 13.0 Å². The lowest BCUT2D eigenvalue weighted by molar-refractivity contribution is -0.126. The second-order valence-corrected chi connectivity index (χ2v) is 6.93. The smallest absolute Gasteiger partial charge is 0.348 e. The highest BCUT2D eigenvalue weighted by Gasteiger charge is 2.13. The largest absolute Gasteiger partial charge is 0.451 e. The van der Waals surface area contributed by atoms with Gasteiger partial charge in [0.15, 0.2) is 6.61 Å². The SMILES string of the molecule is Cc1ccc(C(=O)OCC(=O)NCC(=O)Nc2ccccc2Br)s1. The number of anilines is 1. The topological polar surface area (TPSA) is 84.5 Å². The molecule has 1 heterocycles. The van der Waals surface area contributed by atoms with Crippen LogP contribution in [0, 0.1) is 6.92 Å². The Labute approximate surface area is 151 Å². The summed E-state index contributed by atoms with van der Waals surface area (Å²) in [5, 5.41) is 5.05. The molecule has 2 N–H and O–H groups in total. The Morgan fingerprint density at radius 2 is 1.88 bits per heavy atom. The van der Waals surface area contributed by atoms with Gasteiger partial charge in [-0.25, -0.2) is 4.79 Å². The van der Waals surface area contributed by atoms with Crippen molar-refractivity contribution >= 4 is 50.7 Å². The molecule has 0 fully saturated rings. The Kier molecular flexibility index (Phi) is 6.51. The zero-order chi connectivity index (χ0) is 17.5. The quantitative estimate of drug-likeness (QED) is 0.716. The van der Waals surface area contributed by atoms with Crippen LogP contribution in [0.25, 0.3) is 0 Å². The highest BCUT2D eigenvalue weighted by atomic mass is 79.9. The van der Waals surface area contributed by atoms with Gasteiger partial charge in [0.2, 0.25) is 5.91 Å². The van der Waals surface area contributed by atoms with Gasteiger partial charge in [-0.3, -0.25) is 9.59 Å². The Bertz CT molecular complexity index is 760. The number of carbonyl (C=O) groups is 3. The van der Waals surface area contributed by atoms with Crippen molar-refractivity contribution in [2.45, 2.75) is 6.92 Å². The fraction of sp³-hybridized carbons (Fsp3) is 0.188. The monoisotopic (exact) mass is 410 g/mol. The van der Waals surface area contributed by atoms with Crippen LogP contribution in [0.15, 0.2) is 40.9 Å². The summed E-state index contributed by atoms with van der Waals surface area (Å²) < 4.78 is 5.63. The number of rotatable bonds is 6. The molecule has 1 aromatic heterocycles. The summed E-state index contributed by atoms with van der Waals surface area (Å²) in [5.41, 5.74) is 0.608. The van der Waals surface area contributed by atoms with E-state index in [1.165, 1.54) is 11.3 Å². The molecule has 0 aliphatic heterocycles. The van der Waals surface area contributed by atoms with Crippen molar-refractivity contribution in [3.8, 4) is 0 Å². The molecular weight excluding hydrogens is 396 g/mol.